The molecule has 0 bridgehead atoms. The molecule has 9 heteroatoms. The van der Waals surface area contributed by atoms with Crippen molar-refractivity contribution >= 4 is 16.9 Å². The molecule has 0 atom stereocenters. The molecule has 1 N–H and O–H groups in total. The highest BCUT2D eigenvalue weighted by Gasteiger charge is 2.36. The Kier molecular flexibility index (Phi) is 5.81. The van der Waals surface area contributed by atoms with Gasteiger partial charge in [0.15, 0.2) is 12.3 Å². The summed E-state index contributed by atoms with van der Waals surface area (Å²) in [5.74, 6) is -0.776. The van der Waals surface area contributed by atoms with Gasteiger partial charge in [0, 0.05) is 25.2 Å². The van der Waals surface area contributed by atoms with E-state index < -0.39 is 24.3 Å². The van der Waals surface area contributed by atoms with Crippen molar-refractivity contribution in [1.82, 2.24) is 20.1 Å². The molecule has 0 aliphatic rings. The first-order valence-corrected chi connectivity index (χ1v) is 9.76. The number of carbonyl (C=O) groups is 1. The summed E-state index contributed by atoms with van der Waals surface area (Å²) in [4.78, 5) is 16.3. The molecular weight excluding hydrogens is 421 g/mol. The molecule has 0 radical (unpaired) electrons. The second-order valence-corrected chi connectivity index (χ2v) is 7.09. The van der Waals surface area contributed by atoms with Gasteiger partial charge in [-0.15, -0.1) is 0 Å². The van der Waals surface area contributed by atoms with Gasteiger partial charge in [0.25, 0.3) is 5.91 Å². The van der Waals surface area contributed by atoms with Crippen LogP contribution in [-0.4, -0.2) is 27.3 Å². The molecule has 0 aliphatic carbocycles. The minimum absolute atomic E-state index is 0.0124. The van der Waals surface area contributed by atoms with E-state index >= 15 is 0 Å². The summed E-state index contributed by atoms with van der Waals surface area (Å²) in [6, 6.07) is 18.6. The molecule has 4 aromatic rings. The highest BCUT2D eigenvalue weighted by molar-refractivity contribution is 5.94. The van der Waals surface area contributed by atoms with Crippen LogP contribution >= 0.6 is 0 Å². The molecule has 0 unspecified atom stereocenters. The van der Waals surface area contributed by atoms with E-state index in [4.69, 9.17) is 4.74 Å². The molecule has 164 valence electrons. The number of aryl methyl sites for hydroxylation is 1. The summed E-state index contributed by atoms with van der Waals surface area (Å²) in [5.41, 5.74) is 0.699. The monoisotopic (exact) mass is 440 g/mol. The van der Waals surface area contributed by atoms with Crippen LogP contribution in [0.25, 0.3) is 22.3 Å². The fourth-order valence-corrected chi connectivity index (χ4v) is 3.31. The van der Waals surface area contributed by atoms with Gasteiger partial charge in [0.05, 0.1) is 10.9 Å². The van der Waals surface area contributed by atoms with E-state index in [9.17, 15) is 18.0 Å². The van der Waals surface area contributed by atoms with Crippen LogP contribution in [-0.2, 0) is 24.6 Å². The highest BCUT2D eigenvalue weighted by atomic mass is 19.4. The highest BCUT2D eigenvalue weighted by Crippen LogP contribution is 2.40. The first kappa shape index (κ1) is 21.4. The van der Waals surface area contributed by atoms with E-state index in [0.29, 0.717) is 5.56 Å². The summed E-state index contributed by atoms with van der Waals surface area (Å²) >= 11 is 0. The summed E-state index contributed by atoms with van der Waals surface area (Å²) < 4.78 is 48.3. The first-order valence-electron chi connectivity index (χ1n) is 9.76. The maximum absolute atomic E-state index is 13.9. The number of aromatic nitrogens is 3. The smallest absolute Gasteiger partial charge is 0.417 e. The topological polar surface area (TPSA) is 69.0 Å². The van der Waals surface area contributed by atoms with E-state index in [2.05, 4.69) is 15.4 Å². The third-order valence-corrected chi connectivity index (χ3v) is 4.81. The van der Waals surface area contributed by atoms with Crippen molar-refractivity contribution < 1.29 is 22.7 Å². The van der Waals surface area contributed by atoms with Crippen LogP contribution in [0.5, 0.6) is 5.88 Å². The minimum atomic E-state index is -4.67. The minimum Gasteiger partial charge on any atom is -0.467 e. The Hall–Kier alpha value is -3.88. The fourth-order valence-electron chi connectivity index (χ4n) is 3.31. The molecule has 4 rings (SSSR count). The maximum Gasteiger partial charge on any atom is 0.417 e. The van der Waals surface area contributed by atoms with Crippen LogP contribution in [0, 0.1) is 0 Å². The molecule has 32 heavy (non-hydrogen) atoms. The zero-order valence-electron chi connectivity index (χ0n) is 17.1. The molecule has 0 saturated carbocycles. The van der Waals surface area contributed by atoms with Crippen LogP contribution in [0.4, 0.5) is 13.2 Å². The number of carbonyl (C=O) groups excluding carboxylic acids is 1. The quantitative estimate of drug-likeness (QED) is 0.484. The van der Waals surface area contributed by atoms with Gasteiger partial charge < -0.3 is 10.1 Å². The number of nitrogens with zero attached hydrogens (tertiary/aromatic N) is 3. The zero-order valence-corrected chi connectivity index (χ0v) is 17.1. The average molecular weight is 440 g/mol. The molecule has 6 nitrogen and oxygen atoms in total. The largest absolute Gasteiger partial charge is 0.467 e. The van der Waals surface area contributed by atoms with Gasteiger partial charge in [-0.25, -0.2) is 4.68 Å². The van der Waals surface area contributed by atoms with Gasteiger partial charge in [-0.05, 0) is 5.56 Å². The fraction of sp³-hybridized carbons (Fsp3) is 0.174. The third-order valence-electron chi connectivity index (χ3n) is 4.81. The predicted octanol–water partition coefficient (Wildman–Crippen LogP) is 4.35. The number of rotatable bonds is 6. The summed E-state index contributed by atoms with van der Waals surface area (Å²) in [7, 11) is 1.51. The number of alkyl halides is 3. The number of nitrogens with one attached hydrogen (secondary N) is 1. The average Bonchev–Trinajstić information content (AvgIpc) is 3.13. The number of ether oxygens (including phenoxy) is 1. The van der Waals surface area contributed by atoms with Crippen molar-refractivity contribution in [2.75, 3.05) is 6.61 Å². The van der Waals surface area contributed by atoms with Crippen molar-refractivity contribution in [3.05, 3.63) is 77.9 Å². The first-order chi connectivity index (χ1) is 15.3. The van der Waals surface area contributed by atoms with Crippen LogP contribution in [0.15, 0.2) is 66.7 Å². The van der Waals surface area contributed by atoms with Gasteiger partial charge in [-0.3, -0.25) is 4.79 Å². The Balaban J connectivity index is 1.61. The van der Waals surface area contributed by atoms with E-state index in [1.54, 1.807) is 30.3 Å². The van der Waals surface area contributed by atoms with Gasteiger partial charge >= 0.3 is 6.18 Å². The Bertz CT molecular complexity index is 1240. The lowest BCUT2D eigenvalue weighted by molar-refractivity contribution is -0.136. The van der Waals surface area contributed by atoms with Crippen molar-refractivity contribution in [2.45, 2.75) is 12.7 Å². The lowest BCUT2D eigenvalue weighted by Gasteiger charge is -2.12. The van der Waals surface area contributed by atoms with Gasteiger partial charge in [0.1, 0.15) is 5.69 Å². The van der Waals surface area contributed by atoms with E-state index in [-0.39, 0.29) is 29.2 Å². The number of hydrogen-bond acceptors (Lipinski definition) is 4. The summed E-state index contributed by atoms with van der Waals surface area (Å²) in [5, 5.41) is 6.79. The Morgan fingerprint density at radius 1 is 1.06 bits per heavy atom. The van der Waals surface area contributed by atoms with Gasteiger partial charge in [-0.2, -0.15) is 23.3 Å². The normalized spacial score (nSPS) is 11.5. The van der Waals surface area contributed by atoms with E-state index in [0.717, 1.165) is 11.6 Å². The second kappa shape index (κ2) is 8.70. The molecule has 1 amide bonds. The van der Waals surface area contributed by atoms with Crippen LogP contribution in [0.3, 0.4) is 0 Å². The van der Waals surface area contributed by atoms with Crippen LogP contribution < -0.4 is 10.1 Å². The SMILES string of the molecule is Cn1nc(-c2ccccc2)c2c(C(F)(F)F)cc(OCC(=O)NCc3ccccc3)nc21. The summed E-state index contributed by atoms with van der Waals surface area (Å²) in [6.07, 6.45) is -4.67. The number of amides is 1. The number of halogens is 3. The standard InChI is InChI=1S/C23H19F3N4O2/c1-30-22-20(21(29-30)16-10-6-3-7-11-16)17(23(24,25)26)12-19(28-22)32-14-18(31)27-13-15-8-4-2-5-9-15/h2-12H,13-14H2,1H3,(H,27,31). The molecule has 0 fully saturated rings. The number of pyridine rings is 1. The Labute approximate surface area is 181 Å². The molecule has 0 spiro atoms. The van der Waals surface area contributed by atoms with Crippen molar-refractivity contribution in [3.8, 4) is 17.1 Å². The summed E-state index contributed by atoms with van der Waals surface area (Å²) in [6.45, 7) is -0.183. The van der Waals surface area contributed by atoms with Crippen molar-refractivity contribution in [1.29, 1.82) is 0 Å². The van der Waals surface area contributed by atoms with Crippen molar-refractivity contribution in [2.24, 2.45) is 7.05 Å². The number of hydrogen-bond donors (Lipinski definition) is 1. The van der Waals surface area contributed by atoms with Crippen LogP contribution in [0.1, 0.15) is 11.1 Å². The maximum atomic E-state index is 13.9. The van der Waals surface area contributed by atoms with Gasteiger partial charge in [0.2, 0.25) is 5.88 Å². The van der Waals surface area contributed by atoms with Crippen LogP contribution in [0.2, 0.25) is 0 Å². The molecule has 2 heterocycles. The van der Waals surface area contributed by atoms with Gasteiger partial charge in [-0.1, -0.05) is 60.7 Å². The third kappa shape index (κ3) is 4.56. The van der Waals surface area contributed by atoms with Crippen molar-refractivity contribution in [3.63, 3.8) is 0 Å². The molecule has 2 aromatic carbocycles. The molecule has 2 aromatic heterocycles. The van der Waals surface area contributed by atoms with E-state index in [1.807, 2.05) is 30.3 Å². The molecule has 0 aliphatic heterocycles. The Morgan fingerprint density at radius 2 is 1.72 bits per heavy atom. The predicted molar refractivity (Wildman–Crippen MR) is 113 cm³/mol. The zero-order chi connectivity index (χ0) is 22.7. The number of benzene rings is 2. The van der Waals surface area contributed by atoms with E-state index in [1.165, 1.54) is 11.7 Å². The lowest BCUT2D eigenvalue weighted by atomic mass is 10.0. The lowest BCUT2D eigenvalue weighted by Crippen LogP contribution is -2.28. The number of fused-ring (bicyclic) bond motifs is 1. The Morgan fingerprint density at radius 3 is 2.38 bits per heavy atom. The molecule has 0 saturated heterocycles. The molecular formula is C23H19F3N4O2. The second-order valence-electron chi connectivity index (χ2n) is 7.09.